The fourth-order valence-corrected chi connectivity index (χ4v) is 2.17. The van der Waals surface area contributed by atoms with E-state index in [1.165, 1.54) is 31.4 Å². The van der Waals surface area contributed by atoms with Gasteiger partial charge in [-0.15, -0.1) is 0 Å². The van der Waals surface area contributed by atoms with E-state index in [1.807, 2.05) is 0 Å². The molecule has 112 valence electrons. The Kier molecular flexibility index (Phi) is 6.19. The summed E-state index contributed by atoms with van der Waals surface area (Å²) < 4.78 is 10.8. The maximum atomic E-state index is 5.68. The highest BCUT2D eigenvalue weighted by atomic mass is 16.6. The molecule has 1 aromatic rings. The molecular formula is C17H27NO2. The zero-order chi connectivity index (χ0) is 14.2. The molecule has 20 heavy (non-hydrogen) atoms. The lowest BCUT2D eigenvalue weighted by Crippen LogP contribution is -2.25. The molecule has 0 bridgehead atoms. The number of nitrogens with zero attached hydrogens (tertiary/aromatic N) is 1. The summed E-state index contributed by atoms with van der Waals surface area (Å²) in [5, 5.41) is 0. The van der Waals surface area contributed by atoms with E-state index in [9.17, 15) is 0 Å². The Hall–Kier alpha value is -1.22. The van der Waals surface area contributed by atoms with Crippen LogP contribution in [0, 0.1) is 0 Å². The van der Waals surface area contributed by atoms with Gasteiger partial charge in [0.1, 0.15) is 18.5 Å². The summed E-state index contributed by atoms with van der Waals surface area (Å²) in [6, 6.07) is 8.49. The number of epoxide rings is 1. The van der Waals surface area contributed by atoms with E-state index in [0.29, 0.717) is 12.7 Å². The molecule has 1 aliphatic heterocycles. The Morgan fingerprint density at radius 1 is 1.10 bits per heavy atom. The SMILES string of the molecule is CCCCN(CCCC)c1ccc(OCC2CO2)cc1. The summed E-state index contributed by atoms with van der Waals surface area (Å²) in [5.74, 6) is 0.940. The number of hydrogen-bond acceptors (Lipinski definition) is 3. The van der Waals surface area contributed by atoms with Crippen LogP contribution in [0.3, 0.4) is 0 Å². The van der Waals surface area contributed by atoms with Gasteiger partial charge in [0.2, 0.25) is 0 Å². The molecule has 0 spiro atoms. The summed E-state index contributed by atoms with van der Waals surface area (Å²) >= 11 is 0. The first-order valence-electron chi connectivity index (χ1n) is 7.93. The van der Waals surface area contributed by atoms with Gasteiger partial charge in [-0.3, -0.25) is 0 Å². The minimum absolute atomic E-state index is 0.320. The average molecular weight is 277 g/mol. The molecule has 1 aliphatic rings. The monoisotopic (exact) mass is 277 g/mol. The summed E-state index contributed by atoms with van der Waals surface area (Å²) in [5.41, 5.74) is 1.31. The number of ether oxygens (including phenoxy) is 2. The highest BCUT2D eigenvalue weighted by Gasteiger charge is 2.22. The number of unbranched alkanes of at least 4 members (excludes halogenated alkanes) is 2. The van der Waals surface area contributed by atoms with Crippen LogP contribution in [-0.2, 0) is 4.74 Å². The van der Waals surface area contributed by atoms with Crippen molar-refractivity contribution in [1.29, 1.82) is 0 Å². The van der Waals surface area contributed by atoms with Gasteiger partial charge in [-0.1, -0.05) is 26.7 Å². The van der Waals surface area contributed by atoms with Crippen LogP contribution in [0.4, 0.5) is 5.69 Å². The molecule has 1 saturated heterocycles. The molecule has 3 nitrogen and oxygen atoms in total. The maximum Gasteiger partial charge on any atom is 0.119 e. The Labute approximate surface area is 122 Å². The van der Waals surface area contributed by atoms with Crippen LogP contribution in [0.25, 0.3) is 0 Å². The van der Waals surface area contributed by atoms with E-state index in [0.717, 1.165) is 25.4 Å². The molecule has 0 aromatic heterocycles. The highest BCUT2D eigenvalue weighted by molar-refractivity contribution is 5.49. The molecule has 0 saturated carbocycles. The van der Waals surface area contributed by atoms with Crippen molar-refractivity contribution in [2.24, 2.45) is 0 Å². The number of hydrogen-bond donors (Lipinski definition) is 0. The Morgan fingerprint density at radius 3 is 2.20 bits per heavy atom. The smallest absolute Gasteiger partial charge is 0.119 e. The van der Waals surface area contributed by atoms with Crippen molar-refractivity contribution in [2.75, 3.05) is 31.2 Å². The van der Waals surface area contributed by atoms with E-state index in [2.05, 4.69) is 43.0 Å². The molecule has 0 N–H and O–H groups in total. The molecule has 1 atom stereocenters. The molecule has 1 heterocycles. The molecule has 0 radical (unpaired) electrons. The topological polar surface area (TPSA) is 25.0 Å². The summed E-state index contributed by atoms with van der Waals surface area (Å²) in [7, 11) is 0. The second-order valence-corrected chi connectivity index (χ2v) is 5.45. The molecule has 1 fully saturated rings. The lowest BCUT2D eigenvalue weighted by molar-refractivity contribution is 0.263. The van der Waals surface area contributed by atoms with Gasteiger partial charge in [0.25, 0.3) is 0 Å². The van der Waals surface area contributed by atoms with E-state index in [-0.39, 0.29) is 0 Å². The van der Waals surface area contributed by atoms with Gasteiger partial charge in [0.15, 0.2) is 0 Å². The standard InChI is InChI=1S/C17H27NO2/c1-3-5-11-18(12-6-4-2)15-7-9-16(10-8-15)19-13-17-14-20-17/h7-10,17H,3-6,11-14H2,1-2H3. The predicted molar refractivity (Wildman–Crippen MR) is 83.7 cm³/mol. The van der Waals surface area contributed by atoms with Gasteiger partial charge in [0.05, 0.1) is 6.61 Å². The first-order chi connectivity index (χ1) is 9.83. The third-order valence-electron chi connectivity index (χ3n) is 3.60. The number of rotatable bonds is 10. The van der Waals surface area contributed by atoms with Gasteiger partial charge >= 0.3 is 0 Å². The average Bonchev–Trinajstić information content (AvgIpc) is 3.30. The van der Waals surface area contributed by atoms with Crippen LogP contribution >= 0.6 is 0 Å². The lowest BCUT2D eigenvalue weighted by atomic mass is 10.2. The normalized spacial score (nSPS) is 17.0. The van der Waals surface area contributed by atoms with Crippen LogP contribution in [-0.4, -0.2) is 32.4 Å². The summed E-state index contributed by atoms with van der Waals surface area (Å²) in [6.07, 6.45) is 5.30. The maximum absolute atomic E-state index is 5.68. The van der Waals surface area contributed by atoms with E-state index in [4.69, 9.17) is 9.47 Å². The quantitative estimate of drug-likeness (QED) is 0.607. The van der Waals surface area contributed by atoms with Crippen molar-refractivity contribution < 1.29 is 9.47 Å². The second-order valence-electron chi connectivity index (χ2n) is 5.45. The largest absolute Gasteiger partial charge is 0.491 e. The van der Waals surface area contributed by atoms with Crippen molar-refractivity contribution in [3.05, 3.63) is 24.3 Å². The van der Waals surface area contributed by atoms with Gasteiger partial charge in [-0.25, -0.2) is 0 Å². The van der Waals surface area contributed by atoms with E-state index in [1.54, 1.807) is 0 Å². The molecule has 1 unspecified atom stereocenters. The highest BCUT2D eigenvalue weighted by Crippen LogP contribution is 2.21. The van der Waals surface area contributed by atoms with Crippen LogP contribution in [0.1, 0.15) is 39.5 Å². The molecular weight excluding hydrogens is 250 g/mol. The van der Waals surface area contributed by atoms with Crippen molar-refractivity contribution in [3.63, 3.8) is 0 Å². The first kappa shape index (κ1) is 15.2. The Morgan fingerprint density at radius 2 is 1.70 bits per heavy atom. The second kappa shape index (κ2) is 8.15. The van der Waals surface area contributed by atoms with Crippen molar-refractivity contribution in [2.45, 2.75) is 45.6 Å². The fourth-order valence-electron chi connectivity index (χ4n) is 2.17. The van der Waals surface area contributed by atoms with Crippen molar-refractivity contribution >= 4 is 5.69 Å². The van der Waals surface area contributed by atoms with Crippen LogP contribution in [0.5, 0.6) is 5.75 Å². The molecule has 0 aliphatic carbocycles. The van der Waals surface area contributed by atoms with E-state index >= 15 is 0 Å². The Balaban J connectivity index is 1.88. The van der Waals surface area contributed by atoms with E-state index < -0.39 is 0 Å². The number of anilines is 1. The Bertz CT molecular complexity index is 365. The van der Waals surface area contributed by atoms with Crippen molar-refractivity contribution in [1.82, 2.24) is 0 Å². The first-order valence-corrected chi connectivity index (χ1v) is 7.93. The minimum atomic E-state index is 0.320. The van der Waals surface area contributed by atoms with Gasteiger partial charge < -0.3 is 14.4 Å². The van der Waals surface area contributed by atoms with Gasteiger partial charge in [-0.05, 0) is 37.1 Å². The summed E-state index contributed by atoms with van der Waals surface area (Å²) in [6.45, 7) is 8.30. The van der Waals surface area contributed by atoms with Gasteiger partial charge in [-0.2, -0.15) is 0 Å². The van der Waals surface area contributed by atoms with Crippen LogP contribution in [0.15, 0.2) is 24.3 Å². The third kappa shape index (κ3) is 5.04. The van der Waals surface area contributed by atoms with Crippen molar-refractivity contribution in [3.8, 4) is 5.75 Å². The summed E-state index contributed by atoms with van der Waals surface area (Å²) in [4.78, 5) is 2.49. The lowest BCUT2D eigenvalue weighted by Gasteiger charge is -2.24. The number of benzene rings is 1. The fraction of sp³-hybridized carbons (Fsp3) is 0.647. The zero-order valence-electron chi connectivity index (χ0n) is 12.8. The minimum Gasteiger partial charge on any atom is -0.491 e. The molecule has 0 amide bonds. The van der Waals surface area contributed by atoms with Gasteiger partial charge in [0, 0.05) is 18.8 Å². The molecule has 3 heteroatoms. The zero-order valence-corrected chi connectivity index (χ0v) is 12.8. The van der Waals surface area contributed by atoms with Crippen LogP contribution < -0.4 is 9.64 Å². The third-order valence-corrected chi connectivity index (χ3v) is 3.60. The predicted octanol–water partition coefficient (Wildman–Crippen LogP) is 3.87. The van der Waals surface area contributed by atoms with Crippen LogP contribution in [0.2, 0.25) is 0 Å². The molecule has 2 rings (SSSR count). The molecule has 1 aromatic carbocycles.